The molecule has 0 aromatic heterocycles. The third kappa shape index (κ3) is 5.16. The highest BCUT2D eigenvalue weighted by Crippen LogP contribution is 2.23. The summed E-state index contributed by atoms with van der Waals surface area (Å²) < 4.78 is 0. The van der Waals surface area contributed by atoms with Gasteiger partial charge in [0.25, 0.3) is 0 Å². The van der Waals surface area contributed by atoms with Crippen LogP contribution >= 0.6 is 0 Å². The Bertz CT molecular complexity index is 933. The van der Waals surface area contributed by atoms with Crippen LogP contribution in [0, 0.1) is 12.8 Å². The molecule has 0 bridgehead atoms. The molecule has 0 radical (unpaired) electrons. The van der Waals surface area contributed by atoms with E-state index in [9.17, 15) is 9.59 Å². The van der Waals surface area contributed by atoms with Crippen LogP contribution in [0.2, 0.25) is 0 Å². The van der Waals surface area contributed by atoms with Gasteiger partial charge in [0.05, 0.1) is 5.92 Å². The van der Waals surface area contributed by atoms with Crippen molar-refractivity contribution in [2.45, 2.75) is 19.8 Å². The van der Waals surface area contributed by atoms with Gasteiger partial charge in [-0.3, -0.25) is 9.59 Å². The number of benzene rings is 2. The predicted molar refractivity (Wildman–Crippen MR) is 125 cm³/mol. The highest BCUT2D eigenvalue weighted by molar-refractivity contribution is 5.92. The molecule has 1 unspecified atom stereocenters. The van der Waals surface area contributed by atoms with E-state index < -0.39 is 0 Å². The minimum Gasteiger partial charge on any atom is -0.368 e. The first-order valence-corrected chi connectivity index (χ1v) is 11.2. The number of anilines is 1. The van der Waals surface area contributed by atoms with Gasteiger partial charge in [0.1, 0.15) is 0 Å². The molecule has 2 fully saturated rings. The Balaban J connectivity index is 1.31. The molecule has 31 heavy (non-hydrogen) atoms. The van der Waals surface area contributed by atoms with E-state index >= 15 is 0 Å². The Kier molecular flexibility index (Phi) is 6.70. The number of piperazine rings is 1. The number of nitrogens with zero attached hydrogens (tertiary/aromatic N) is 3. The van der Waals surface area contributed by atoms with Crippen LogP contribution in [0.1, 0.15) is 24.0 Å². The van der Waals surface area contributed by atoms with Gasteiger partial charge < -0.3 is 14.7 Å². The van der Waals surface area contributed by atoms with E-state index in [1.54, 1.807) is 6.08 Å². The van der Waals surface area contributed by atoms with Crippen LogP contribution in [-0.4, -0.2) is 60.9 Å². The molecule has 5 nitrogen and oxygen atoms in total. The molecule has 2 aliphatic heterocycles. The number of piperidine rings is 1. The summed E-state index contributed by atoms with van der Waals surface area (Å²) in [6.07, 6.45) is 5.22. The summed E-state index contributed by atoms with van der Waals surface area (Å²) in [5, 5.41) is 0. The fraction of sp³-hybridized carbons (Fsp3) is 0.385. The minimum absolute atomic E-state index is 0.00859. The summed E-state index contributed by atoms with van der Waals surface area (Å²) in [4.78, 5) is 32.0. The lowest BCUT2D eigenvalue weighted by molar-refractivity contribution is -0.139. The predicted octanol–water partition coefficient (Wildman–Crippen LogP) is 3.60. The van der Waals surface area contributed by atoms with Crippen LogP contribution in [-0.2, 0) is 9.59 Å². The third-order valence-electron chi connectivity index (χ3n) is 6.35. The molecule has 0 saturated carbocycles. The minimum atomic E-state index is -0.0900. The first-order valence-electron chi connectivity index (χ1n) is 11.2. The smallest absolute Gasteiger partial charge is 0.246 e. The summed E-state index contributed by atoms with van der Waals surface area (Å²) in [6.45, 7) is 6.57. The van der Waals surface area contributed by atoms with Gasteiger partial charge in [0.2, 0.25) is 11.8 Å². The SMILES string of the molecule is Cc1ccccc1N1CCN(C(=O)C2CCCN(C(=O)/C=C/c3ccccc3)C2)CC1. The van der Waals surface area contributed by atoms with Crippen LogP contribution in [0.4, 0.5) is 5.69 Å². The van der Waals surface area contributed by atoms with Gasteiger partial charge >= 0.3 is 0 Å². The van der Waals surface area contributed by atoms with Gasteiger partial charge in [0.15, 0.2) is 0 Å². The first-order chi connectivity index (χ1) is 15.1. The molecular weight excluding hydrogens is 386 g/mol. The van der Waals surface area contributed by atoms with Crippen molar-refractivity contribution in [2.24, 2.45) is 5.92 Å². The number of rotatable bonds is 4. The molecule has 0 N–H and O–H groups in total. The van der Waals surface area contributed by atoms with Crippen molar-refractivity contribution < 1.29 is 9.59 Å². The highest BCUT2D eigenvalue weighted by Gasteiger charge is 2.32. The molecule has 2 aromatic rings. The van der Waals surface area contributed by atoms with Gasteiger partial charge in [-0.1, -0.05) is 48.5 Å². The fourth-order valence-corrected chi connectivity index (χ4v) is 4.56. The number of aryl methyl sites for hydroxylation is 1. The third-order valence-corrected chi connectivity index (χ3v) is 6.35. The Morgan fingerprint density at radius 1 is 0.871 bits per heavy atom. The molecule has 2 aromatic carbocycles. The van der Waals surface area contributed by atoms with E-state index in [1.807, 2.05) is 46.2 Å². The molecule has 2 aliphatic rings. The second kappa shape index (κ2) is 9.82. The van der Waals surface area contributed by atoms with Gasteiger partial charge in [0, 0.05) is 51.0 Å². The normalized spacial score (nSPS) is 19.6. The highest BCUT2D eigenvalue weighted by atomic mass is 16.2. The molecule has 2 saturated heterocycles. The van der Waals surface area contributed by atoms with Crippen molar-refractivity contribution in [3.8, 4) is 0 Å². The first kappa shape index (κ1) is 21.2. The zero-order chi connectivity index (χ0) is 21.6. The maximum atomic E-state index is 13.2. The van der Waals surface area contributed by atoms with E-state index in [0.29, 0.717) is 6.54 Å². The summed E-state index contributed by atoms with van der Waals surface area (Å²) in [7, 11) is 0. The van der Waals surface area contributed by atoms with Crippen LogP contribution < -0.4 is 4.90 Å². The molecule has 162 valence electrons. The van der Waals surface area contributed by atoms with E-state index in [1.165, 1.54) is 11.3 Å². The molecule has 4 rings (SSSR count). The summed E-state index contributed by atoms with van der Waals surface area (Å²) >= 11 is 0. The molecular formula is C26H31N3O2. The molecule has 0 spiro atoms. The van der Waals surface area contributed by atoms with Gasteiger partial charge in [-0.25, -0.2) is 0 Å². The van der Waals surface area contributed by atoms with Gasteiger partial charge in [-0.15, -0.1) is 0 Å². The summed E-state index contributed by atoms with van der Waals surface area (Å²) in [6, 6.07) is 18.2. The monoisotopic (exact) mass is 417 g/mol. The molecule has 2 heterocycles. The average molecular weight is 418 g/mol. The van der Waals surface area contributed by atoms with Crippen molar-refractivity contribution in [2.75, 3.05) is 44.2 Å². The summed E-state index contributed by atoms with van der Waals surface area (Å²) in [5.74, 6) is 0.104. The van der Waals surface area contributed by atoms with Crippen molar-refractivity contribution >= 4 is 23.6 Å². The summed E-state index contributed by atoms with van der Waals surface area (Å²) in [5.41, 5.74) is 3.54. The molecule has 1 atom stereocenters. The number of hydrogen-bond donors (Lipinski definition) is 0. The van der Waals surface area contributed by atoms with Crippen molar-refractivity contribution in [1.29, 1.82) is 0 Å². The number of amides is 2. The second-order valence-corrected chi connectivity index (χ2v) is 8.47. The fourth-order valence-electron chi connectivity index (χ4n) is 4.56. The zero-order valence-electron chi connectivity index (χ0n) is 18.2. The van der Waals surface area contributed by atoms with Crippen LogP contribution in [0.25, 0.3) is 6.08 Å². The van der Waals surface area contributed by atoms with E-state index in [-0.39, 0.29) is 17.7 Å². The lowest BCUT2D eigenvalue weighted by atomic mass is 9.96. The average Bonchev–Trinajstić information content (AvgIpc) is 2.83. The lowest BCUT2D eigenvalue weighted by Crippen LogP contribution is -2.53. The maximum Gasteiger partial charge on any atom is 0.246 e. The largest absolute Gasteiger partial charge is 0.368 e. The zero-order valence-corrected chi connectivity index (χ0v) is 18.2. The Morgan fingerprint density at radius 3 is 2.32 bits per heavy atom. The quantitative estimate of drug-likeness (QED) is 0.714. The Morgan fingerprint density at radius 2 is 1.58 bits per heavy atom. The Hall–Kier alpha value is -3.08. The van der Waals surface area contributed by atoms with Crippen LogP contribution in [0.3, 0.4) is 0 Å². The standard InChI is InChI=1S/C26H31N3O2/c1-21-8-5-6-12-24(21)27-16-18-28(19-17-27)26(31)23-11-7-15-29(20-23)25(30)14-13-22-9-3-2-4-10-22/h2-6,8-10,12-14,23H,7,11,15-20H2,1H3/b14-13+. The van der Waals surface area contributed by atoms with E-state index in [2.05, 4.69) is 36.1 Å². The molecule has 5 heteroatoms. The number of carbonyl (C=O) groups excluding carboxylic acids is 2. The molecule has 2 amide bonds. The van der Waals surface area contributed by atoms with Crippen molar-refractivity contribution in [1.82, 2.24) is 9.80 Å². The van der Waals surface area contributed by atoms with Crippen molar-refractivity contribution in [3.05, 3.63) is 71.8 Å². The lowest BCUT2D eigenvalue weighted by Gasteiger charge is -2.40. The maximum absolute atomic E-state index is 13.2. The molecule has 0 aliphatic carbocycles. The number of hydrogen-bond acceptors (Lipinski definition) is 3. The van der Waals surface area contributed by atoms with E-state index in [4.69, 9.17) is 0 Å². The van der Waals surface area contributed by atoms with Gasteiger partial charge in [-0.05, 0) is 43.0 Å². The number of para-hydroxylation sites is 1. The van der Waals surface area contributed by atoms with Crippen LogP contribution in [0.5, 0.6) is 0 Å². The van der Waals surface area contributed by atoms with Crippen LogP contribution in [0.15, 0.2) is 60.7 Å². The topological polar surface area (TPSA) is 43.9 Å². The van der Waals surface area contributed by atoms with Gasteiger partial charge in [-0.2, -0.15) is 0 Å². The second-order valence-electron chi connectivity index (χ2n) is 8.47. The number of likely N-dealkylation sites (tertiary alicyclic amines) is 1. The number of carbonyl (C=O) groups is 2. The van der Waals surface area contributed by atoms with Crippen molar-refractivity contribution in [3.63, 3.8) is 0 Å². The Labute approximate surface area is 184 Å². The van der Waals surface area contributed by atoms with E-state index in [0.717, 1.165) is 51.1 Å².